The van der Waals surface area contributed by atoms with E-state index in [1.54, 1.807) is 0 Å². The molecule has 1 N–H and O–H groups in total. The summed E-state index contributed by atoms with van der Waals surface area (Å²) in [6.45, 7) is 7.43. The summed E-state index contributed by atoms with van der Waals surface area (Å²) >= 11 is 0. The summed E-state index contributed by atoms with van der Waals surface area (Å²) in [6, 6.07) is 0.675. The maximum Gasteiger partial charge on any atom is 0.326 e. The molecule has 2 saturated carbocycles. The first-order valence-corrected chi connectivity index (χ1v) is 12.6. The number of carbonyl (C=O) groups is 3. The first-order chi connectivity index (χ1) is 11.1. The summed E-state index contributed by atoms with van der Waals surface area (Å²) < 4.78 is 5.58. The molecule has 3 aliphatic rings. The third-order valence-electron chi connectivity index (χ3n) is 5.68. The van der Waals surface area contributed by atoms with Crippen LogP contribution >= 0.6 is 0 Å². The van der Waals surface area contributed by atoms with Crippen molar-refractivity contribution in [2.45, 2.75) is 69.7 Å². The standard InChI is InChI=1S/C17H28N2O4Si/c1-24(2,3)9-8-23-12-19-14(21)17(18-15(19)22)10-16(11-17)6-4-13(20)5-7-16/h4-12H2,1-3H3,(H,18,22). The lowest BCUT2D eigenvalue weighted by molar-refractivity contribution is -0.146. The highest BCUT2D eigenvalue weighted by Crippen LogP contribution is 2.57. The lowest BCUT2D eigenvalue weighted by Crippen LogP contribution is -2.63. The minimum Gasteiger partial charge on any atom is -0.361 e. The van der Waals surface area contributed by atoms with Crippen LogP contribution in [0.5, 0.6) is 0 Å². The predicted molar refractivity (Wildman–Crippen MR) is 92.2 cm³/mol. The fraction of sp³-hybridized carbons (Fsp3) is 0.824. The van der Waals surface area contributed by atoms with Crippen molar-refractivity contribution in [3.05, 3.63) is 0 Å². The summed E-state index contributed by atoms with van der Waals surface area (Å²) in [5.41, 5.74) is -0.662. The van der Waals surface area contributed by atoms with Gasteiger partial charge < -0.3 is 10.1 Å². The van der Waals surface area contributed by atoms with Gasteiger partial charge in [-0.05, 0) is 37.1 Å². The number of rotatable bonds is 5. The van der Waals surface area contributed by atoms with Crippen LogP contribution in [0.4, 0.5) is 4.79 Å². The molecule has 2 spiro atoms. The molecule has 7 heteroatoms. The third kappa shape index (κ3) is 3.28. The van der Waals surface area contributed by atoms with Gasteiger partial charge >= 0.3 is 6.03 Å². The predicted octanol–water partition coefficient (Wildman–Crippen LogP) is 2.51. The molecule has 1 heterocycles. The van der Waals surface area contributed by atoms with Crippen LogP contribution in [0.3, 0.4) is 0 Å². The van der Waals surface area contributed by atoms with Crippen LogP contribution in [0.1, 0.15) is 38.5 Å². The molecular weight excluding hydrogens is 324 g/mol. The third-order valence-corrected chi connectivity index (χ3v) is 7.39. The number of ketones is 1. The Balaban J connectivity index is 1.53. The van der Waals surface area contributed by atoms with Crippen molar-refractivity contribution in [3.63, 3.8) is 0 Å². The zero-order valence-electron chi connectivity index (χ0n) is 14.9. The normalized spacial score (nSPS) is 25.3. The van der Waals surface area contributed by atoms with Gasteiger partial charge in [0.05, 0.1) is 0 Å². The van der Waals surface area contributed by atoms with Gasteiger partial charge in [0.25, 0.3) is 5.91 Å². The number of hydrogen-bond donors (Lipinski definition) is 1. The highest BCUT2D eigenvalue weighted by atomic mass is 28.3. The molecular formula is C17H28N2O4Si. The van der Waals surface area contributed by atoms with Crippen molar-refractivity contribution in [2.24, 2.45) is 5.41 Å². The molecule has 3 rings (SSSR count). The Morgan fingerprint density at radius 1 is 1.12 bits per heavy atom. The molecule has 134 valence electrons. The summed E-state index contributed by atoms with van der Waals surface area (Å²) in [5.74, 6) is 0.170. The molecule has 0 aromatic carbocycles. The molecule has 1 saturated heterocycles. The van der Waals surface area contributed by atoms with Gasteiger partial charge in [0, 0.05) is 27.5 Å². The van der Waals surface area contributed by atoms with Crippen molar-refractivity contribution < 1.29 is 19.1 Å². The lowest BCUT2D eigenvalue weighted by atomic mass is 9.52. The Labute approximate surface area is 144 Å². The maximum atomic E-state index is 12.7. The second-order valence-electron chi connectivity index (χ2n) is 8.99. The van der Waals surface area contributed by atoms with E-state index in [2.05, 4.69) is 25.0 Å². The second kappa shape index (κ2) is 5.95. The summed E-state index contributed by atoms with van der Waals surface area (Å²) in [6.07, 6.45) is 4.27. The highest BCUT2D eigenvalue weighted by molar-refractivity contribution is 6.76. The van der Waals surface area contributed by atoms with E-state index in [0.717, 1.165) is 18.9 Å². The number of nitrogens with zero attached hydrogens (tertiary/aromatic N) is 1. The van der Waals surface area contributed by atoms with Crippen LogP contribution < -0.4 is 5.32 Å². The van der Waals surface area contributed by atoms with E-state index in [4.69, 9.17) is 4.74 Å². The number of hydrogen-bond acceptors (Lipinski definition) is 4. The Morgan fingerprint density at radius 2 is 1.75 bits per heavy atom. The number of Topliss-reactive ketones (excluding diaryl/α,β-unsaturated/α-hetero) is 1. The van der Waals surface area contributed by atoms with E-state index in [1.807, 2.05) is 0 Å². The molecule has 0 unspecified atom stereocenters. The van der Waals surface area contributed by atoms with Gasteiger partial charge in [0.2, 0.25) is 0 Å². The highest BCUT2D eigenvalue weighted by Gasteiger charge is 2.64. The van der Waals surface area contributed by atoms with E-state index in [0.29, 0.717) is 38.1 Å². The molecule has 0 aromatic rings. The van der Waals surface area contributed by atoms with Gasteiger partial charge in [-0.1, -0.05) is 19.6 Å². The van der Waals surface area contributed by atoms with Crippen LogP contribution in [0, 0.1) is 5.41 Å². The molecule has 0 bridgehead atoms. The fourth-order valence-corrected chi connectivity index (χ4v) is 4.97. The Kier molecular flexibility index (Phi) is 4.36. The van der Waals surface area contributed by atoms with Gasteiger partial charge in [-0.25, -0.2) is 9.69 Å². The Hall–Kier alpha value is -1.21. The summed E-state index contributed by atoms with van der Waals surface area (Å²) in [4.78, 5) is 37.5. The number of imide groups is 1. The van der Waals surface area contributed by atoms with Crippen molar-refractivity contribution in [1.82, 2.24) is 10.2 Å². The van der Waals surface area contributed by atoms with Crippen LogP contribution in [0.25, 0.3) is 0 Å². The SMILES string of the molecule is C[Si](C)(C)CCOCN1C(=O)NC2(CC3(CCC(=O)CC3)C2)C1=O. The quantitative estimate of drug-likeness (QED) is 0.469. The van der Waals surface area contributed by atoms with Gasteiger partial charge in [-0.15, -0.1) is 0 Å². The Morgan fingerprint density at radius 3 is 2.33 bits per heavy atom. The van der Waals surface area contributed by atoms with Crippen LogP contribution in [0.2, 0.25) is 25.7 Å². The van der Waals surface area contributed by atoms with Gasteiger partial charge in [0.15, 0.2) is 0 Å². The molecule has 2 aliphatic carbocycles. The van der Waals surface area contributed by atoms with Crippen molar-refractivity contribution >= 4 is 25.8 Å². The first-order valence-electron chi connectivity index (χ1n) is 8.89. The summed E-state index contributed by atoms with van der Waals surface area (Å²) in [7, 11) is -1.18. The molecule has 0 atom stereocenters. The molecule has 3 amide bonds. The van der Waals surface area contributed by atoms with Crippen LogP contribution in [-0.2, 0) is 14.3 Å². The van der Waals surface area contributed by atoms with Crippen molar-refractivity contribution in [2.75, 3.05) is 13.3 Å². The average Bonchev–Trinajstić information content (AvgIpc) is 2.69. The van der Waals surface area contributed by atoms with Crippen LogP contribution in [0.15, 0.2) is 0 Å². The molecule has 3 fully saturated rings. The monoisotopic (exact) mass is 352 g/mol. The molecule has 0 aromatic heterocycles. The van der Waals surface area contributed by atoms with Crippen LogP contribution in [-0.4, -0.2) is 49.6 Å². The average molecular weight is 353 g/mol. The second-order valence-corrected chi connectivity index (χ2v) is 14.6. The first kappa shape index (κ1) is 17.6. The topological polar surface area (TPSA) is 75.7 Å². The minimum absolute atomic E-state index is 0.0440. The minimum atomic E-state index is -1.18. The largest absolute Gasteiger partial charge is 0.361 e. The molecule has 1 aliphatic heterocycles. The lowest BCUT2D eigenvalue weighted by Gasteiger charge is -2.54. The smallest absolute Gasteiger partial charge is 0.326 e. The number of carbonyl (C=O) groups excluding carboxylic acids is 3. The maximum absolute atomic E-state index is 12.7. The van der Waals surface area contributed by atoms with E-state index < -0.39 is 13.6 Å². The summed E-state index contributed by atoms with van der Waals surface area (Å²) in [5, 5.41) is 2.89. The number of ether oxygens (including phenoxy) is 1. The van der Waals surface area contributed by atoms with Gasteiger partial charge in [-0.3, -0.25) is 9.59 Å². The number of urea groups is 1. The van der Waals surface area contributed by atoms with Gasteiger partial charge in [-0.2, -0.15) is 0 Å². The van der Waals surface area contributed by atoms with E-state index in [9.17, 15) is 14.4 Å². The zero-order chi connectivity index (χ0) is 17.6. The fourth-order valence-electron chi connectivity index (χ4n) is 4.21. The zero-order valence-corrected chi connectivity index (χ0v) is 15.9. The molecule has 6 nitrogen and oxygen atoms in total. The van der Waals surface area contributed by atoms with Crippen molar-refractivity contribution in [1.29, 1.82) is 0 Å². The van der Waals surface area contributed by atoms with Crippen molar-refractivity contribution in [3.8, 4) is 0 Å². The number of amides is 3. The number of nitrogens with one attached hydrogen (secondary N) is 1. The van der Waals surface area contributed by atoms with E-state index in [1.165, 1.54) is 4.90 Å². The molecule has 24 heavy (non-hydrogen) atoms. The molecule has 0 radical (unpaired) electrons. The van der Waals surface area contributed by atoms with E-state index in [-0.39, 0.29) is 24.1 Å². The van der Waals surface area contributed by atoms with E-state index >= 15 is 0 Å². The Bertz CT molecular complexity index is 551. The van der Waals surface area contributed by atoms with Gasteiger partial charge in [0.1, 0.15) is 18.1 Å².